The fourth-order valence-electron chi connectivity index (χ4n) is 8.28. The molecule has 0 bridgehead atoms. The molecule has 0 saturated carbocycles. The minimum atomic E-state index is -3.82. The van der Waals surface area contributed by atoms with Crippen molar-refractivity contribution in [1.29, 1.82) is 0 Å². The molecule has 0 fully saturated rings. The Labute approximate surface area is 431 Å². The molecule has 2 unspecified atom stereocenters. The van der Waals surface area contributed by atoms with E-state index in [4.69, 9.17) is 65.4 Å². The van der Waals surface area contributed by atoms with Crippen molar-refractivity contribution < 1.29 is 45.4 Å². The fourth-order valence-corrected chi connectivity index (χ4v) is 11.6. The Hall–Kier alpha value is -3.44. The minimum Gasteiger partial charge on any atom is -0.378 e. The van der Waals surface area contributed by atoms with E-state index in [0.29, 0.717) is 46.3 Å². The number of carbonyl (C=O) groups is 2. The first-order chi connectivity index (χ1) is 33.6. The number of hydrogen-bond donors (Lipinski definition) is 4. The maximum absolute atomic E-state index is 13.2. The molecule has 0 spiro atoms. The van der Waals surface area contributed by atoms with Gasteiger partial charge in [0.2, 0.25) is 20.0 Å². The van der Waals surface area contributed by atoms with Crippen LogP contribution in [0, 0.1) is 0 Å². The first-order valence-corrected chi connectivity index (χ1v) is 27.5. The summed E-state index contributed by atoms with van der Waals surface area (Å²) in [6.45, 7) is 10.1. The number of carbonyl (C=O) groups excluding carboxylic acids is 2. The van der Waals surface area contributed by atoms with E-state index in [1.165, 1.54) is 0 Å². The summed E-state index contributed by atoms with van der Waals surface area (Å²) in [6, 6.07) is 21.1. The van der Waals surface area contributed by atoms with Gasteiger partial charge in [-0.1, -0.05) is 84.5 Å². The predicted molar refractivity (Wildman–Crippen MR) is 271 cm³/mol. The lowest BCUT2D eigenvalue weighted by atomic mass is 9.84. The molecule has 4 aromatic rings. The van der Waals surface area contributed by atoms with E-state index in [1.807, 2.05) is 24.3 Å². The molecule has 382 valence electrons. The Morgan fingerprint density at radius 2 is 0.914 bits per heavy atom. The Morgan fingerprint density at radius 3 is 1.29 bits per heavy atom. The predicted octanol–water partition coefficient (Wildman–Crippen LogP) is 5.79. The molecule has 16 nitrogen and oxygen atoms in total. The number of rotatable bonds is 26. The molecular formula is C48H60Cl4N6O10S2. The van der Waals surface area contributed by atoms with Gasteiger partial charge in [0, 0.05) is 84.3 Å². The number of nitrogens with zero attached hydrogens (tertiary/aromatic N) is 2. The van der Waals surface area contributed by atoms with Gasteiger partial charge in [-0.3, -0.25) is 19.4 Å². The molecule has 0 radical (unpaired) electrons. The van der Waals surface area contributed by atoms with Crippen LogP contribution in [0.5, 0.6) is 0 Å². The molecule has 6 rings (SSSR count). The van der Waals surface area contributed by atoms with Gasteiger partial charge < -0.3 is 29.6 Å². The van der Waals surface area contributed by atoms with Crippen LogP contribution in [-0.2, 0) is 61.7 Å². The summed E-state index contributed by atoms with van der Waals surface area (Å²) in [5.41, 5.74) is 5.67. The highest BCUT2D eigenvalue weighted by Gasteiger charge is 2.31. The highest BCUT2D eigenvalue weighted by atomic mass is 35.5. The Bertz CT molecular complexity index is 2470. The largest absolute Gasteiger partial charge is 0.378 e. The zero-order valence-corrected chi connectivity index (χ0v) is 43.8. The molecule has 2 amide bonds. The second-order valence-corrected chi connectivity index (χ2v) is 21.8. The molecular weight excluding hydrogens is 1030 g/mol. The maximum atomic E-state index is 13.2. The van der Waals surface area contributed by atoms with Crippen molar-refractivity contribution in [2.45, 2.75) is 48.6 Å². The SMILES string of the molecule is CCN1Cc2c(Cl)cc(Cl)cc2C(c2cccc(S(=O)(=O)NCCOCCOCCNC(=O)C(=O)NCCOCCOCCNS(=O)(=O)c3cccc(C4CN(CC)Cc5c(Cl)cc(Cl)cc54)c3)c2)C1. The van der Waals surface area contributed by atoms with Gasteiger partial charge >= 0.3 is 11.8 Å². The van der Waals surface area contributed by atoms with Gasteiger partial charge in [0.1, 0.15) is 0 Å². The van der Waals surface area contributed by atoms with Crippen molar-refractivity contribution in [2.75, 3.05) is 105 Å². The van der Waals surface area contributed by atoms with Crippen molar-refractivity contribution in [1.82, 2.24) is 29.9 Å². The molecule has 2 aliphatic heterocycles. The number of halogens is 4. The summed E-state index contributed by atoms with van der Waals surface area (Å²) < 4.78 is 79.8. The van der Waals surface area contributed by atoms with E-state index < -0.39 is 31.9 Å². The lowest BCUT2D eigenvalue weighted by Crippen LogP contribution is -2.42. The third kappa shape index (κ3) is 15.8. The fraction of sp³-hybridized carbons (Fsp3) is 0.458. The highest BCUT2D eigenvalue weighted by Crippen LogP contribution is 2.41. The third-order valence-electron chi connectivity index (χ3n) is 11.9. The van der Waals surface area contributed by atoms with Crippen LogP contribution < -0.4 is 20.1 Å². The lowest BCUT2D eigenvalue weighted by molar-refractivity contribution is -0.139. The molecule has 2 atom stereocenters. The van der Waals surface area contributed by atoms with Crippen LogP contribution >= 0.6 is 46.4 Å². The van der Waals surface area contributed by atoms with E-state index in [0.717, 1.165) is 46.5 Å². The topological polar surface area (TPSA) is 194 Å². The summed E-state index contributed by atoms with van der Waals surface area (Å²) in [5, 5.41) is 7.20. The summed E-state index contributed by atoms with van der Waals surface area (Å²) in [6.07, 6.45) is 0. The number of nitrogens with one attached hydrogen (secondary N) is 4. The quantitative estimate of drug-likeness (QED) is 0.0438. The van der Waals surface area contributed by atoms with Crippen molar-refractivity contribution >= 4 is 78.3 Å². The van der Waals surface area contributed by atoms with Crippen LogP contribution in [0.4, 0.5) is 0 Å². The van der Waals surface area contributed by atoms with Gasteiger partial charge in [-0.25, -0.2) is 26.3 Å². The van der Waals surface area contributed by atoms with Gasteiger partial charge in [0.25, 0.3) is 0 Å². The van der Waals surface area contributed by atoms with E-state index in [9.17, 15) is 26.4 Å². The van der Waals surface area contributed by atoms with Crippen LogP contribution in [-0.4, -0.2) is 144 Å². The van der Waals surface area contributed by atoms with Crippen molar-refractivity contribution in [3.8, 4) is 0 Å². The zero-order chi connectivity index (χ0) is 50.3. The molecule has 4 aromatic carbocycles. The van der Waals surface area contributed by atoms with E-state index in [2.05, 4.69) is 43.7 Å². The minimum absolute atomic E-state index is 0.0465. The van der Waals surface area contributed by atoms with Crippen LogP contribution in [0.3, 0.4) is 0 Å². The third-order valence-corrected chi connectivity index (χ3v) is 15.9. The number of sulfonamides is 2. The second-order valence-electron chi connectivity index (χ2n) is 16.6. The Balaban J connectivity index is 0.771. The van der Waals surface area contributed by atoms with Crippen LogP contribution in [0.2, 0.25) is 20.1 Å². The van der Waals surface area contributed by atoms with Crippen molar-refractivity contribution in [3.05, 3.63) is 126 Å². The molecule has 0 aliphatic carbocycles. The van der Waals surface area contributed by atoms with Crippen LogP contribution in [0.1, 0.15) is 59.1 Å². The van der Waals surface area contributed by atoms with Gasteiger partial charge in [-0.2, -0.15) is 0 Å². The smallest absolute Gasteiger partial charge is 0.309 e. The lowest BCUT2D eigenvalue weighted by Gasteiger charge is -2.35. The second kappa shape index (κ2) is 27.0. The summed E-state index contributed by atoms with van der Waals surface area (Å²) >= 11 is 25.8. The number of benzene rings is 4. The molecule has 2 heterocycles. The van der Waals surface area contributed by atoms with Gasteiger partial charge in [-0.15, -0.1) is 0 Å². The van der Waals surface area contributed by atoms with Crippen molar-refractivity contribution in [3.63, 3.8) is 0 Å². The standard InChI is InChI=1S/C48H60Cl4N6O10S2/c1-3-57-29-41(39-25-35(49)27-45(51)43(39)31-57)33-7-5-9-37(23-33)69(61,62)55-13-17-67-21-19-65-15-11-53-47(59)48(60)54-12-16-66-20-22-68-18-14-56-70(63,64)38-10-6-8-34(24-38)42-30-58(4-2)32-44-40(42)26-36(50)28-46(44)52/h5-10,23-28,41-42,55-56H,3-4,11-22,29-32H2,1-2H3,(H,53,59)(H,54,60). The summed E-state index contributed by atoms with van der Waals surface area (Å²) in [4.78, 5) is 29.1. The van der Waals surface area contributed by atoms with E-state index >= 15 is 0 Å². The average Bonchev–Trinajstić information content (AvgIpc) is 3.34. The molecule has 2 aliphatic rings. The Kier molecular flexibility index (Phi) is 21.6. The number of hydrogen-bond acceptors (Lipinski definition) is 12. The van der Waals surface area contributed by atoms with Crippen LogP contribution in [0.15, 0.2) is 82.6 Å². The van der Waals surface area contributed by atoms with Gasteiger partial charge in [0.15, 0.2) is 0 Å². The summed E-state index contributed by atoms with van der Waals surface area (Å²) in [7, 11) is -7.65. The van der Waals surface area contributed by atoms with Gasteiger partial charge in [0.05, 0.1) is 62.6 Å². The first-order valence-electron chi connectivity index (χ1n) is 23.1. The molecule has 4 N–H and O–H groups in total. The number of ether oxygens (including phenoxy) is 4. The maximum Gasteiger partial charge on any atom is 0.309 e. The van der Waals surface area contributed by atoms with E-state index in [1.54, 1.807) is 48.5 Å². The zero-order valence-electron chi connectivity index (χ0n) is 39.1. The molecule has 0 saturated heterocycles. The van der Waals surface area contributed by atoms with Gasteiger partial charge in [-0.05, 0) is 95.0 Å². The molecule has 0 aromatic heterocycles. The number of fused-ring (bicyclic) bond motifs is 2. The monoisotopic (exact) mass is 1080 g/mol. The van der Waals surface area contributed by atoms with Crippen LogP contribution in [0.25, 0.3) is 0 Å². The highest BCUT2D eigenvalue weighted by molar-refractivity contribution is 7.89. The average molecular weight is 1090 g/mol. The Morgan fingerprint density at radius 1 is 0.543 bits per heavy atom. The van der Waals surface area contributed by atoms with E-state index in [-0.39, 0.29) is 101 Å². The first kappa shape index (κ1) is 55.9. The normalized spacial score (nSPS) is 16.4. The molecule has 22 heteroatoms. The van der Waals surface area contributed by atoms with Crippen molar-refractivity contribution in [2.24, 2.45) is 0 Å². The summed E-state index contributed by atoms with van der Waals surface area (Å²) in [5.74, 6) is -1.86. The number of amides is 2. The molecule has 70 heavy (non-hydrogen) atoms. The number of likely N-dealkylation sites (N-methyl/N-ethyl adjacent to an activating group) is 2.